The maximum absolute atomic E-state index is 4.67. The molecule has 5 rings (SSSR count). The fourth-order valence-electron chi connectivity index (χ4n) is 3.28. The molecule has 4 nitrogen and oxygen atoms in total. The number of nitrogens with one attached hydrogen (secondary N) is 2. The molecule has 124 valence electrons. The highest BCUT2D eigenvalue weighted by molar-refractivity contribution is 5.93. The van der Waals surface area contributed by atoms with Crippen LogP contribution in [0.3, 0.4) is 0 Å². The number of fused-ring (bicyclic) bond motifs is 2. The summed E-state index contributed by atoms with van der Waals surface area (Å²) >= 11 is 0. The Morgan fingerprint density at radius 2 is 1.50 bits per heavy atom. The number of aromatic amines is 2. The van der Waals surface area contributed by atoms with Gasteiger partial charge in [-0.1, -0.05) is 55.1 Å². The fraction of sp³-hybridized carbons (Fsp3) is 0. The third-order valence-corrected chi connectivity index (χ3v) is 4.58. The number of rotatable bonds is 3. The zero-order valence-corrected chi connectivity index (χ0v) is 14.0. The van der Waals surface area contributed by atoms with Gasteiger partial charge in [0.05, 0.1) is 22.1 Å². The van der Waals surface area contributed by atoms with Crippen LogP contribution in [0, 0.1) is 0 Å². The lowest BCUT2D eigenvalue weighted by atomic mass is 10.0. The van der Waals surface area contributed by atoms with Crippen molar-refractivity contribution in [1.29, 1.82) is 0 Å². The van der Waals surface area contributed by atoms with Crippen LogP contribution in [0.25, 0.3) is 50.7 Å². The first-order valence-corrected chi connectivity index (χ1v) is 8.48. The van der Waals surface area contributed by atoms with Crippen molar-refractivity contribution in [3.05, 3.63) is 79.1 Å². The summed E-state index contributed by atoms with van der Waals surface area (Å²) in [5.74, 6) is 1.66. The summed E-state index contributed by atoms with van der Waals surface area (Å²) in [6.07, 6.45) is 1.73. The first-order valence-electron chi connectivity index (χ1n) is 8.48. The molecule has 0 radical (unpaired) electrons. The maximum Gasteiger partial charge on any atom is 0.138 e. The SMILES string of the molecule is C=Cc1nc2c(-c3ccc(-c4nc5ccccc5[nH]4)cc3)cccc2[nH]1. The number of benzene rings is 3. The Bertz CT molecular complexity index is 1210. The van der Waals surface area contributed by atoms with Gasteiger partial charge in [-0.15, -0.1) is 0 Å². The van der Waals surface area contributed by atoms with E-state index in [9.17, 15) is 0 Å². The van der Waals surface area contributed by atoms with Crippen LogP contribution in [0.1, 0.15) is 5.82 Å². The molecule has 0 fully saturated rings. The number of para-hydroxylation sites is 3. The number of nitrogens with zero attached hydrogens (tertiary/aromatic N) is 2. The van der Waals surface area contributed by atoms with E-state index in [1.165, 1.54) is 0 Å². The summed E-state index contributed by atoms with van der Waals surface area (Å²) in [7, 11) is 0. The summed E-state index contributed by atoms with van der Waals surface area (Å²) in [5.41, 5.74) is 7.28. The third-order valence-electron chi connectivity index (χ3n) is 4.58. The van der Waals surface area contributed by atoms with Crippen LogP contribution < -0.4 is 0 Å². The van der Waals surface area contributed by atoms with E-state index in [1.54, 1.807) is 6.08 Å². The highest BCUT2D eigenvalue weighted by Gasteiger charge is 2.09. The molecule has 0 aliphatic carbocycles. The van der Waals surface area contributed by atoms with Crippen molar-refractivity contribution in [2.75, 3.05) is 0 Å². The van der Waals surface area contributed by atoms with Crippen molar-refractivity contribution >= 4 is 28.1 Å². The summed E-state index contributed by atoms with van der Waals surface area (Å²) in [6.45, 7) is 3.79. The van der Waals surface area contributed by atoms with Gasteiger partial charge in [0.25, 0.3) is 0 Å². The van der Waals surface area contributed by atoms with E-state index in [1.807, 2.05) is 36.4 Å². The Kier molecular flexibility index (Phi) is 3.22. The van der Waals surface area contributed by atoms with Gasteiger partial charge in [0.1, 0.15) is 11.6 Å². The standard InChI is InChI=1S/C22H16N4/c1-2-20-23-19-9-5-6-16(21(19)26-20)14-10-12-15(13-11-14)22-24-17-7-3-4-8-18(17)25-22/h2-13H,1H2,(H,23,26)(H,24,25). The fourth-order valence-corrected chi connectivity index (χ4v) is 3.28. The Balaban J connectivity index is 1.58. The topological polar surface area (TPSA) is 57.4 Å². The second-order valence-corrected chi connectivity index (χ2v) is 6.21. The lowest BCUT2D eigenvalue weighted by molar-refractivity contribution is 1.29. The van der Waals surface area contributed by atoms with Gasteiger partial charge in [-0.3, -0.25) is 0 Å². The van der Waals surface area contributed by atoms with Gasteiger partial charge in [0.15, 0.2) is 0 Å². The number of hydrogen-bond donors (Lipinski definition) is 2. The van der Waals surface area contributed by atoms with Crippen LogP contribution >= 0.6 is 0 Å². The van der Waals surface area contributed by atoms with Crippen molar-refractivity contribution < 1.29 is 0 Å². The van der Waals surface area contributed by atoms with Crippen LogP contribution in [0.2, 0.25) is 0 Å². The smallest absolute Gasteiger partial charge is 0.138 e. The second kappa shape index (κ2) is 5.70. The highest BCUT2D eigenvalue weighted by atomic mass is 14.9. The predicted octanol–water partition coefficient (Wildman–Crippen LogP) is 5.42. The average molecular weight is 336 g/mol. The van der Waals surface area contributed by atoms with Gasteiger partial charge in [-0.05, 0) is 29.8 Å². The summed E-state index contributed by atoms with van der Waals surface area (Å²) < 4.78 is 0. The zero-order chi connectivity index (χ0) is 17.5. The predicted molar refractivity (Wildman–Crippen MR) is 107 cm³/mol. The molecule has 0 saturated carbocycles. The Morgan fingerprint density at radius 1 is 0.731 bits per heavy atom. The molecule has 0 atom stereocenters. The van der Waals surface area contributed by atoms with Crippen molar-refractivity contribution in [3.8, 4) is 22.5 Å². The van der Waals surface area contributed by atoms with E-state index in [0.717, 1.165) is 50.4 Å². The minimum atomic E-state index is 0.784. The number of imidazole rings is 2. The molecule has 0 unspecified atom stereocenters. The molecule has 4 heteroatoms. The maximum atomic E-state index is 4.67. The van der Waals surface area contributed by atoms with Gasteiger partial charge < -0.3 is 9.97 Å². The van der Waals surface area contributed by atoms with E-state index < -0.39 is 0 Å². The Hall–Kier alpha value is -3.66. The first-order chi connectivity index (χ1) is 12.8. The minimum absolute atomic E-state index is 0.784. The molecular formula is C22H16N4. The van der Waals surface area contributed by atoms with Crippen molar-refractivity contribution in [3.63, 3.8) is 0 Å². The third kappa shape index (κ3) is 2.31. The van der Waals surface area contributed by atoms with E-state index in [0.29, 0.717) is 0 Å². The highest BCUT2D eigenvalue weighted by Crippen LogP contribution is 2.29. The van der Waals surface area contributed by atoms with E-state index in [2.05, 4.69) is 56.8 Å². The molecule has 0 spiro atoms. The van der Waals surface area contributed by atoms with E-state index in [-0.39, 0.29) is 0 Å². The Morgan fingerprint density at radius 3 is 2.31 bits per heavy atom. The average Bonchev–Trinajstić information content (AvgIpc) is 3.31. The van der Waals surface area contributed by atoms with Crippen LogP contribution in [0.5, 0.6) is 0 Å². The zero-order valence-electron chi connectivity index (χ0n) is 14.0. The van der Waals surface area contributed by atoms with Crippen LogP contribution in [-0.4, -0.2) is 19.9 Å². The van der Waals surface area contributed by atoms with Gasteiger partial charge in [-0.2, -0.15) is 0 Å². The van der Waals surface area contributed by atoms with Gasteiger partial charge in [0, 0.05) is 11.1 Å². The molecule has 0 saturated heterocycles. The summed E-state index contributed by atoms with van der Waals surface area (Å²) in [5, 5.41) is 0. The molecule has 26 heavy (non-hydrogen) atoms. The molecular weight excluding hydrogens is 320 g/mol. The number of hydrogen-bond acceptors (Lipinski definition) is 2. The van der Waals surface area contributed by atoms with Crippen LogP contribution in [0.4, 0.5) is 0 Å². The van der Waals surface area contributed by atoms with Crippen LogP contribution in [0.15, 0.2) is 73.3 Å². The molecule has 0 bridgehead atoms. The van der Waals surface area contributed by atoms with Gasteiger partial charge >= 0.3 is 0 Å². The molecule has 2 aromatic heterocycles. The van der Waals surface area contributed by atoms with Crippen molar-refractivity contribution in [2.45, 2.75) is 0 Å². The van der Waals surface area contributed by atoms with E-state index >= 15 is 0 Å². The molecule has 2 N–H and O–H groups in total. The molecule has 5 aromatic rings. The first kappa shape index (κ1) is 14.7. The normalized spacial score (nSPS) is 11.2. The summed E-state index contributed by atoms with van der Waals surface area (Å²) in [4.78, 5) is 15.9. The van der Waals surface area contributed by atoms with Crippen molar-refractivity contribution in [1.82, 2.24) is 19.9 Å². The molecule has 2 heterocycles. The molecule has 0 aliphatic heterocycles. The van der Waals surface area contributed by atoms with Gasteiger partial charge in [-0.25, -0.2) is 9.97 Å². The molecule has 0 aliphatic rings. The lowest BCUT2D eigenvalue weighted by Crippen LogP contribution is -1.83. The number of H-pyrrole nitrogens is 2. The lowest BCUT2D eigenvalue weighted by Gasteiger charge is -2.04. The quantitative estimate of drug-likeness (QED) is 0.462. The molecule has 0 amide bonds. The van der Waals surface area contributed by atoms with E-state index in [4.69, 9.17) is 0 Å². The van der Waals surface area contributed by atoms with Gasteiger partial charge in [0.2, 0.25) is 0 Å². The minimum Gasteiger partial charge on any atom is -0.338 e. The van der Waals surface area contributed by atoms with Crippen LogP contribution in [-0.2, 0) is 0 Å². The largest absolute Gasteiger partial charge is 0.338 e. The second-order valence-electron chi connectivity index (χ2n) is 6.21. The monoisotopic (exact) mass is 336 g/mol. The Labute approximate surface area is 150 Å². The molecule has 3 aromatic carbocycles. The summed E-state index contributed by atoms with van der Waals surface area (Å²) in [6, 6.07) is 22.6. The number of aromatic nitrogens is 4. The van der Waals surface area contributed by atoms with Crippen molar-refractivity contribution in [2.24, 2.45) is 0 Å².